The summed E-state index contributed by atoms with van der Waals surface area (Å²) in [7, 11) is 3.57. The van der Waals surface area contributed by atoms with Crippen LogP contribution < -0.4 is 14.8 Å². The average molecular weight is 428 g/mol. The van der Waals surface area contributed by atoms with Crippen molar-refractivity contribution in [1.82, 2.24) is 5.32 Å². The zero-order valence-corrected chi connectivity index (χ0v) is 19.8. The summed E-state index contributed by atoms with van der Waals surface area (Å²) in [6, 6.07) is 4.73. The molecular formula is C26H37NO4. The maximum atomic E-state index is 12.0. The van der Waals surface area contributed by atoms with Gasteiger partial charge in [0.05, 0.1) is 12.7 Å². The monoisotopic (exact) mass is 427 g/mol. The standard InChI is InChI=1S/C26H37NO4/c1-22(2,3)23(4,28)17-14-24-9-10-26(17,30-6)21-25(24)11-12-27-18(24)13-15-7-8-16(29-5)20(31-21)19(15)25/h7-8,17-18,21,27-28H,9-14H2,1-6H3/t17-,18?,21?,23+,24-,25+,26-/m1/s1. The van der Waals surface area contributed by atoms with Crippen molar-refractivity contribution in [1.29, 1.82) is 0 Å². The van der Waals surface area contributed by atoms with Gasteiger partial charge in [-0.2, -0.15) is 0 Å². The van der Waals surface area contributed by atoms with E-state index in [0.717, 1.165) is 50.1 Å². The fourth-order valence-corrected chi connectivity index (χ4v) is 8.68. The molecule has 1 saturated heterocycles. The average Bonchev–Trinajstić information content (AvgIpc) is 3.09. The molecule has 0 aromatic heterocycles. The van der Waals surface area contributed by atoms with E-state index in [4.69, 9.17) is 14.2 Å². The van der Waals surface area contributed by atoms with Crippen molar-refractivity contribution in [3.8, 4) is 11.5 Å². The van der Waals surface area contributed by atoms with Crippen LogP contribution in [0, 0.1) is 16.7 Å². The number of rotatable bonds is 3. The van der Waals surface area contributed by atoms with Crippen LogP contribution in [-0.4, -0.2) is 49.2 Å². The predicted molar refractivity (Wildman–Crippen MR) is 119 cm³/mol. The Kier molecular flexibility index (Phi) is 3.79. The molecule has 0 amide bonds. The van der Waals surface area contributed by atoms with Crippen molar-refractivity contribution >= 4 is 0 Å². The van der Waals surface area contributed by atoms with E-state index < -0.39 is 11.2 Å². The molecule has 7 atom stereocenters. The van der Waals surface area contributed by atoms with Crippen LogP contribution in [0.25, 0.3) is 0 Å². The highest BCUT2D eigenvalue weighted by atomic mass is 16.6. The first kappa shape index (κ1) is 20.3. The number of aliphatic hydroxyl groups is 1. The smallest absolute Gasteiger partial charge is 0.165 e. The van der Waals surface area contributed by atoms with Crippen molar-refractivity contribution < 1.29 is 19.3 Å². The molecule has 1 aromatic rings. The van der Waals surface area contributed by atoms with Crippen molar-refractivity contribution in [2.75, 3.05) is 20.8 Å². The van der Waals surface area contributed by atoms with E-state index in [1.807, 2.05) is 14.0 Å². The number of ether oxygens (including phenoxy) is 3. The molecule has 2 N–H and O–H groups in total. The zero-order chi connectivity index (χ0) is 22.0. The first-order chi connectivity index (χ1) is 14.6. The lowest BCUT2D eigenvalue weighted by molar-refractivity contribution is -0.303. The van der Waals surface area contributed by atoms with Gasteiger partial charge in [0.2, 0.25) is 0 Å². The summed E-state index contributed by atoms with van der Waals surface area (Å²) in [5.41, 5.74) is 1.13. The van der Waals surface area contributed by atoms with Crippen LogP contribution in [-0.2, 0) is 16.6 Å². The Balaban J connectivity index is 1.64. The van der Waals surface area contributed by atoms with Gasteiger partial charge in [-0.25, -0.2) is 0 Å². The molecule has 0 radical (unpaired) electrons. The van der Waals surface area contributed by atoms with Crippen LogP contribution >= 0.6 is 0 Å². The van der Waals surface area contributed by atoms with E-state index in [1.54, 1.807) is 7.11 Å². The first-order valence-electron chi connectivity index (χ1n) is 12.0. The number of nitrogens with one attached hydrogen (secondary N) is 1. The Morgan fingerprint density at radius 3 is 2.58 bits per heavy atom. The minimum absolute atomic E-state index is 0.00105. The van der Waals surface area contributed by atoms with Gasteiger partial charge >= 0.3 is 0 Å². The largest absolute Gasteiger partial charge is 0.493 e. The second kappa shape index (κ2) is 5.78. The lowest BCUT2D eigenvalue weighted by Gasteiger charge is -2.74. The highest BCUT2D eigenvalue weighted by Gasteiger charge is 2.81. The molecule has 5 heteroatoms. The summed E-state index contributed by atoms with van der Waals surface area (Å²) in [6.45, 7) is 9.48. The van der Waals surface area contributed by atoms with E-state index in [2.05, 4.69) is 38.2 Å². The molecule has 1 aromatic carbocycles. The van der Waals surface area contributed by atoms with Crippen LogP contribution in [0.2, 0.25) is 0 Å². The number of benzene rings is 1. The van der Waals surface area contributed by atoms with Gasteiger partial charge in [0, 0.05) is 35.5 Å². The van der Waals surface area contributed by atoms with Crippen molar-refractivity contribution in [3.05, 3.63) is 23.3 Å². The topological polar surface area (TPSA) is 60.0 Å². The van der Waals surface area contributed by atoms with Crippen LogP contribution in [0.5, 0.6) is 11.5 Å². The molecule has 4 bridgehead atoms. The fourth-order valence-electron chi connectivity index (χ4n) is 8.68. The highest BCUT2D eigenvalue weighted by molar-refractivity contribution is 5.63. The minimum Gasteiger partial charge on any atom is -0.493 e. The fraction of sp³-hybridized carbons (Fsp3) is 0.769. The number of methoxy groups -OCH3 is 2. The molecule has 2 unspecified atom stereocenters. The Morgan fingerprint density at radius 1 is 1.13 bits per heavy atom. The van der Waals surface area contributed by atoms with Gasteiger partial charge in [-0.05, 0) is 62.6 Å². The summed E-state index contributed by atoms with van der Waals surface area (Å²) < 4.78 is 19.3. The Bertz CT molecular complexity index is 951. The highest BCUT2D eigenvalue weighted by Crippen LogP contribution is 2.77. The van der Waals surface area contributed by atoms with Gasteiger partial charge < -0.3 is 24.6 Å². The minimum atomic E-state index is -0.880. The third-order valence-electron chi connectivity index (χ3n) is 10.6. The third kappa shape index (κ3) is 1.98. The summed E-state index contributed by atoms with van der Waals surface area (Å²) in [5, 5.41) is 15.9. The van der Waals surface area contributed by atoms with E-state index >= 15 is 0 Å². The molecular weight excluding hydrogens is 390 g/mol. The van der Waals surface area contributed by atoms with Crippen LogP contribution in [0.1, 0.15) is 64.5 Å². The summed E-state index contributed by atoms with van der Waals surface area (Å²) in [4.78, 5) is 0. The second-order valence-corrected chi connectivity index (χ2v) is 12.0. The van der Waals surface area contributed by atoms with Gasteiger partial charge in [-0.15, -0.1) is 0 Å². The summed E-state index contributed by atoms with van der Waals surface area (Å²) >= 11 is 0. The Hall–Kier alpha value is -1.30. The van der Waals surface area contributed by atoms with Crippen molar-refractivity contribution in [2.24, 2.45) is 16.7 Å². The number of hydrogen-bond donors (Lipinski definition) is 2. The number of hydrogen-bond acceptors (Lipinski definition) is 5. The molecule has 31 heavy (non-hydrogen) atoms. The van der Waals surface area contributed by atoms with Gasteiger partial charge in [-0.1, -0.05) is 26.8 Å². The second-order valence-electron chi connectivity index (χ2n) is 12.0. The van der Waals surface area contributed by atoms with Crippen molar-refractivity contribution in [2.45, 2.75) is 88.6 Å². The number of piperidine rings is 1. The molecule has 2 aliphatic heterocycles. The van der Waals surface area contributed by atoms with Crippen LogP contribution in [0.3, 0.4) is 0 Å². The predicted octanol–water partition coefficient (Wildman–Crippen LogP) is 3.59. The van der Waals surface area contributed by atoms with Crippen LogP contribution in [0.4, 0.5) is 0 Å². The van der Waals surface area contributed by atoms with Gasteiger partial charge in [0.25, 0.3) is 0 Å². The molecule has 7 rings (SSSR count). The maximum Gasteiger partial charge on any atom is 0.165 e. The Labute approximate surface area is 185 Å². The van der Waals surface area contributed by atoms with E-state index in [-0.39, 0.29) is 28.3 Å². The quantitative estimate of drug-likeness (QED) is 0.772. The van der Waals surface area contributed by atoms with E-state index in [1.165, 1.54) is 11.1 Å². The molecule has 5 nitrogen and oxygen atoms in total. The molecule has 2 spiro atoms. The van der Waals surface area contributed by atoms with Gasteiger partial charge in [0.15, 0.2) is 11.5 Å². The summed E-state index contributed by atoms with van der Waals surface area (Å²) in [6.07, 6.45) is 4.99. The van der Waals surface area contributed by atoms with Gasteiger partial charge in [0.1, 0.15) is 11.7 Å². The lowest BCUT2D eigenvalue weighted by Crippen LogP contribution is -2.83. The third-order valence-corrected chi connectivity index (χ3v) is 10.6. The SMILES string of the molecule is COc1ccc2c3c1OC1[C@@]4(OC)CC[C@@]5(C[C@@H]4[C@](C)(O)C(C)(C)C)C(C2)NCC[C@]315. The molecule has 6 aliphatic rings. The molecule has 170 valence electrons. The molecule has 3 saturated carbocycles. The number of fused-ring (bicyclic) bond motifs is 2. The van der Waals surface area contributed by atoms with E-state index in [9.17, 15) is 5.11 Å². The van der Waals surface area contributed by atoms with Crippen molar-refractivity contribution in [3.63, 3.8) is 0 Å². The molecule has 2 heterocycles. The first-order valence-corrected chi connectivity index (χ1v) is 12.0. The molecule has 4 fully saturated rings. The summed E-state index contributed by atoms with van der Waals surface area (Å²) in [5.74, 6) is 1.77. The Morgan fingerprint density at radius 2 is 1.90 bits per heavy atom. The normalized spacial score (nSPS) is 43.8. The molecule has 4 aliphatic carbocycles. The van der Waals surface area contributed by atoms with E-state index in [0.29, 0.717) is 6.04 Å². The zero-order valence-electron chi connectivity index (χ0n) is 19.8. The van der Waals surface area contributed by atoms with Crippen LogP contribution in [0.15, 0.2) is 12.1 Å². The van der Waals surface area contributed by atoms with Gasteiger partial charge in [-0.3, -0.25) is 0 Å². The maximum absolute atomic E-state index is 12.0. The lowest BCUT2D eigenvalue weighted by atomic mass is 9.33.